The number of fused-ring (bicyclic) bond motifs is 1. The number of thioether (sulfide) groups is 1. The second kappa shape index (κ2) is 4.83. The van der Waals surface area contributed by atoms with E-state index in [0.717, 1.165) is 17.9 Å². The van der Waals surface area contributed by atoms with E-state index in [2.05, 4.69) is 49.1 Å². The summed E-state index contributed by atoms with van der Waals surface area (Å²) >= 11 is 1.72. The molecule has 0 amide bonds. The zero-order valence-electron chi connectivity index (χ0n) is 10.0. The van der Waals surface area contributed by atoms with Gasteiger partial charge in [0.05, 0.1) is 18.9 Å². The lowest BCUT2D eigenvalue weighted by atomic mass is 10.2. The van der Waals surface area contributed by atoms with Crippen LogP contribution in [0.4, 0.5) is 0 Å². The van der Waals surface area contributed by atoms with Crippen LogP contribution in [0.1, 0.15) is 19.2 Å². The van der Waals surface area contributed by atoms with E-state index in [9.17, 15) is 0 Å². The predicted octanol–water partition coefficient (Wildman–Crippen LogP) is 2.73. The lowest BCUT2D eigenvalue weighted by Gasteiger charge is -2.04. The molecule has 0 aliphatic carbocycles. The van der Waals surface area contributed by atoms with Gasteiger partial charge in [0.1, 0.15) is 5.52 Å². The minimum absolute atomic E-state index is 1.04. The molecule has 0 saturated heterocycles. The quantitative estimate of drug-likeness (QED) is 0.460. The van der Waals surface area contributed by atoms with Gasteiger partial charge in [0.25, 0.3) is 5.82 Å². The number of para-hydroxylation sites is 1. The molecule has 16 heavy (non-hydrogen) atoms. The number of benzene rings is 1. The SMILES string of the molecule is CCCc1nc(SC)c2ccccc2[n+]1C. The topological polar surface area (TPSA) is 16.8 Å². The smallest absolute Gasteiger partial charge is 0.230 e. The molecule has 2 rings (SSSR count). The van der Waals surface area contributed by atoms with Gasteiger partial charge in [-0.2, -0.15) is 0 Å². The maximum Gasteiger partial charge on any atom is 0.300 e. The highest BCUT2D eigenvalue weighted by atomic mass is 32.2. The summed E-state index contributed by atoms with van der Waals surface area (Å²) in [7, 11) is 2.10. The Bertz CT molecular complexity index is 509. The first-order chi connectivity index (χ1) is 7.77. The highest BCUT2D eigenvalue weighted by Crippen LogP contribution is 2.22. The molecule has 2 aromatic rings. The van der Waals surface area contributed by atoms with Crippen molar-refractivity contribution in [3.63, 3.8) is 0 Å². The molecule has 0 aliphatic heterocycles. The molecule has 0 N–H and O–H groups in total. The van der Waals surface area contributed by atoms with Crippen molar-refractivity contribution in [2.75, 3.05) is 6.26 Å². The maximum absolute atomic E-state index is 4.73. The Kier molecular flexibility index (Phi) is 3.44. The van der Waals surface area contributed by atoms with Crippen molar-refractivity contribution < 1.29 is 4.57 Å². The van der Waals surface area contributed by atoms with Crippen LogP contribution in [0.15, 0.2) is 29.3 Å². The van der Waals surface area contributed by atoms with Gasteiger partial charge in [-0.05, 0) is 29.8 Å². The van der Waals surface area contributed by atoms with Gasteiger partial charge in [0.15, 0.2) is 0 Å². The Labute approximate surface area is 101 Å². The summed E-state index contributed by atoms with van der Waals surface area (Å²) in [6.45, 7) is 2.19. The summed E-state index contributed by atoms with van der Waals surface area (Å²) in [6.07, 6.45) is 4.26. The van der Waals surface area contributed by atoms with Crippen LogP contribution in [0.2, 0.25) is 0 Å². The molecule has 0 bridgehead atoms. The number of aromatic nitrogens is 2. The van der Waals surface area contributed by atoms with Crippen molar-refractivity contribution in [1.29, 1.82) is 0 Å². The van der Waals surface area contributed by atoms with Crippen LogP contribution in [0.5, 0.6) is 0 Å². The van der Waals surface area contributed by atoms with Gasteiger partial charge in [-0.15, -0.1) is 0 Å². The van der Waals surface area contributed by atoms with Crippen LogP contribution < -0.4 is 4.57 Å². The van der Waals surface area contributed by atoms with E-state index in [1.807, 2.05) is 0 Å². The zero-order valence-corrected chi connectivity index (χ0v) is 10.8. The summed E-state index contributed by atoms with van der Waals surface area (Å²) in [5, 5.41) is 2.38. The normalized spacial score (nSPS) is 10.9. The minimum Gasteiger partial charge on any atom is -0.230 e. The van der Waals surface area contributed by atoms with Crippen LogP contribution in [-0.4, -0.2) is 11.2 Å². The Morgan fingerprint density at radius 2 is 2.06 bits per heavy atom. The molecule has 0 spiro atoms. The molecule has 1 heterocycles. The van der Waals surface area contributed by atoms with E-state index in [4.69, 9.17) is 4.98 Å². The molecule has 0 unspecified atom stereocenters. The fraction of sp³-hybridized carbons (Fsp3) is 0.385. The predicted molar refractivity (Wildman–Crippen MR) is 68.7 cm³/mol. The van der Waals surface area contributed by atoms with Crippen LogP contribution in [0.3, 0.4) is 0 Å². The monoisotopic (exact) mass is 233 g/mol. The third-order valence-electron chi connectivity index (χ3n) is 2.78. The fourth-order valence-electron chi connectivity index (χ4n) is 1.94. The molecule has 0 fully saturated rings. The molecular formula is C13H17N2S+. The average Bonchev–Trinajstić information content (AvgIpc) is 2.33. The van der Waals surface area contributed by atoms with Gasteiger partial charge < -0.3 is 0 Å². The largest absolute Gasteiger partial charge is 0.300 e. The number of aryl methyl sites for hydroxylation is 2. The van der Waals surface area contributed by atoms with Gasteiger partial charge in [-0.25, -0.2) is 4.57 Å². The van der Waals surface area contributed by atoms with Crippen molar-refractivity contribution in [3.05, 3.63) is 30.1 Å². The minimum atomic E-state index is 1.04. The third kappa shape index (κ3) is 1.92. The molecule has 0 saturated carbocycles. The van der Waals surface area contributed by atoms with Crippen LogP contribution in [0, 0.1) is 0 Å². The third-order valence-corrected chi connectivity index (χ3v) is 3.48. The number of nitrogens with zero attached hydrogens (tertiary/aromatic N) is 2. The van der Waals surface area contributed by atoms with Gasteiger partial charge in [0.2, 0.25) is 5.03 Å². The van der Waals surface area contributed by atoms with E-state index in [0.29, 0.717) is 0 Å². The van der Waals surface area contributed by atoms with E-state index in [1.165, 1.54) is 16.7 Å². The molecular weight excluding hydrogens is 216 g/mol. The second-order valence-corrected chi connectivity index (χ2v) is 4.66. The molecule has 2 nitrogen and oxygen atoms in total. The van der Waals surface area contributed by atoms with E-state index in [-0.39, 0.29) is 0 Å². The van der Waals surface area contributed by atoms with Crippen molar-refractivity contribution in [1.82, 2.24) is 4.98 Å². The Morgan fingerprint density at radius 1 is 1.31 bits per heavy atom. The maximum atomic E-state index is 4.73. The molecule has 1 aromatic carbocycles. The highest BCUT2D eigenvalue weighted by Gasteiger charge is 2.17. The Morgan fingerprint density at radius 3 is 2.75 bits per heavy atom. The van der Waals surface area contributed by atoms with E-state index in [1.54, 1.807) is 11.8 Å². The Hall–Kier alpha value is -1.09. The highest BCUT2D eigenvalue weighted by molar-refractivity contribution is 7.98. The number of rotatable bonds is 3. The van der Waals surface area contributed by atoms with Crippen molar-refractivity contribution >= 4 is 22.7 Å². The zero-order chi connectivity index (χ0) is 11.5. The van der Waals surface area contributed by atoms with Gasteiger partial charge in [-0.1, -0.05) is 30.8 Å². The Balaban J connectivity index is 2.72. The molecule has 84 valence electrons. The second-order valence-electron chi connectivity index (χ2n) is 3.86. The first kappa shape index (κ1) is 11.4. The molecule has 3 heteroatoms. The summed E-state index contributed by atoms with van der Waals surface area (Å²) < 4.78 is 2.21. The van der Waals surface area contributed by atoms with Crippen molar-refractivity contribution in [3.8, 4) is 0 Å². The lowest BCUT2D eigenvalue weighted by molar-refractivity contribution is -0.656. The van der Waals surface area contributed by atoms with Crippen molar-refractivity contribution in [2.45, 2.75) is 24.8 Å². The molecule has 1 aromatic heterocycles. The molecule has 0 radical (unpaired) electrons. The van der Waals surface area contributed by atoms with E-state index < -0.39 is 0 Å². The summed E-state index contributed by atoms with van der Waals surface area (Å²) in [6, 6.07) is 8.46. The van der Waals surface area contributed by atoms with Gasteiger partial charge in [0, 0.05) is 0 Å². The first-order valence-corrected chi connectivity index (χ1v) is 6.82. The van der Waals surface area contributed by atoms with Crippen molar-refractivity contribution in [2.24, 2.45) is 7.05 Å². The first-order valence-electron chi connectivity index (χ1n) is 5.59. The standard InChI is InChI=1S/C13H17N2S/c1-4-7-12-14-13(16-3)10-8-5-6-9-11(10)15(12)2/h5-6,8-9H,4,7H2,1-3H3/q+1. The lowest BCUT2D eigenvalue weighted by Crippen LogP contribution is -2.36. The van der Waals surface area contributed by atoms with Crippen LogP contribution >= 0.6 is 11.8 Å². The summed E-state index contributed by atoms with van der Waals surface area (Å²) in [4.78, 5) is 4.73. The summed E-state index contributed by atoms with van der Waals surface area (Å²) in [5.74, 6) is 1.17. The van der Waals surface area contributed by atoms with Gasteiger partial charge >= 0.3 is 0 Å². The van der Waals surface area contributed by atoms with Crippen LogP contribution in [0.25, 0.3) is 10.9 Å². The van der Waals surface area contributed by atoms with Crippen LogP contribution in [-0.2, 0) is 13.5 Å². The van der Waals surface area contributed by atoms with Gasteiger partial charge in [-0.3, -0.25) is 0 Å². The molecule has 0 aliphatic rings. The summed E-state index contributed by atoms with van der Waals surface area (Å²) in [5.41, 5.74) is 1.27. The molecule has 0 atom stereocenters. The van der Waals surface area contributed by atoms with E-state index >= 15 is 0 Å². The number of hydrogen-bond acceptors (Lipinski definition) is 2. The fourth-order valence-corrected chi connectivity index (χ4v) is 2.53. The average molecular weight is 233 g/mol. The number of hydrogen-bond donors (Lipinski definition) is 0.